The van der Waals surface area contributed by atoms with Crippen LogP contribution in [-0.4, -0.2) is 16.6 Å². The fourth-order valence-electron chi connectivity index (χ4n) is 2.89. The van der Waals surface area contributed by atoms with E-state index in [9.17, 15) is 10.1 Å². The highest BCUT2D eigenvalue weighted by molar-refractivity contribution is 5.73. The second kappa shape index (κ2) is 7.18. The Balaban J connectivity index is 2.01. The molecule has 2 aromatic carbocycles. The predicted molar refractivity (Wildman–Crippen MR) is 99.4 cm³/mol. The fraction of sp³-hybridized carbons (Fsp3) is 0.158. The lowest BCUT2D eigenvalue weighted by atomic mass is 10.1. The number of non-ortho nitro benzene ring substituents is 1. The highest BCUT2D eigenvalue weighted by Crippen LogP contribution is 2.41. The van der Waals surface area contributed by atoms with Gasteiger partial charge in [-0.1, -0.05) is 30.3 Å². The fourth-order valence-corrected chi connectivity index (χ4v) is 2.89. The number of methoxy groups -OCH3 is 1. The Morgan fingerprint density at radius 2 is 1.69 bits per heavy atom. The van der Waals surface area contributed by atoms with Gasteiger partial charge in [0.2, 0.25) is 0 Å². The third-order valence-corrected chi connectivity index (χ3v) is 4.12. The number of nitrogens with zero attached hydrogens (tertiary/aromatic N) is 4. The number of nitro benzene ring substituents is 1. The van der Waals surface area contributed by atoms with Gasteiger partial charge in [-0.05, 0) is 24.6 Å². The molecule has 1 heterocycles. The molecule has 0 N–H and O–H groups in total. The van der Waals surface area contributed by atoms with Gasteiger partial charge in [0.25, 0.3) is 5.69 Å². The number of aromatic nitrogens is 1. The van der Waals surface area contributed by atoms with E-state index in [-0.39, 0.29) is 5.69 Å². The maximum absolute atomic E-state index is 10.7. The topological polar surface area (TPSA) is 82.0 Å². The average molecular weight is 350 g/mol. The van der Waals surface area contributed by atoms with E-state index in [1.54, 1.807) is 19.2 Å². The first-order chi connectivity index (χ1) is 12.5. The third kappa shape index (κ3) is 3.19. The summed E-state index contributed by atoms with van der Waals surface area (Å²) in [6, 6.07) is 15.9. The summed E-state index contributed by atoms with van der Waals surface area (Å²) < 4.78 is 7.46. The normalized spacial score (nSPS) is 11.0. The van der Waals surface area contributed by atoms with Crippen molar-refractivity contribution in [2.24, 2.45) is 17.3 Å². The van der Waals surface area contributed by atoms with Gasteiger partial charge in [0.1, 0.15) is 0 Å². The van der Waals surface area contributed by atoms with E-state index in [0.717, 1.165) is 16.8 Å². The maximum Gasteiger partial charge on any atom is 0.269 e. The molecule has 3 aromatic rings. The molecule has 0 saturated heterocycles. The lowest BCUT2D eigenvalue weighted by Crippen LogP contribution is -1.91. The van der Waals surface area contributed by atoms with Crippen LogP contribution >= 0.6 is 0 Å². The minimum absolute atomic E-state index is 0.0163. The van der Waals surface area contributed by atoms with Crippen molar-refractivity contribution < 1.29 is 9.66 Å². The van der Waals surface area contributed by atoms with Crippen LogP contribution in [0.2, 0.25) is 0 Å². The number of azo groups is 1. The van der Waals surface area contributed by atoms with Crippen molar-refractivity contribution in [3.63, 3.8) is 0 Å². The van der Waals surface area contributed by atoms with E-state index < -0.39 is 4.92 Å². The standard InChI is InChI=1S/C19H18N4O3/c1-13-17(14-7-5-4-6-8-14)22(2)19(18(13)26-3)21-20-15-9-11-16(12-10-15)23(24)25/h4-12H,1-3H3. The van der Waals surface area contributed by atoms with Crippen LogP contribution < -0.4 is 4.74 Å². The molecule has 0 unspecified atom stereocenters. The zero-order valence-electron chi connectivity index (χ0n) is 14.7. The van der Waals surface area contributed by atoms with E-state index in [4.69, 9.17) is 4.74 Å². The number of ether oxygens (including phenoxy) is 1. The molecule has 7 heteroatoms. The maximum atomic E-state index is 10.7. The zero-order chi connectivity index (χ0) is 18.7. The SMILES string of the molecule is COc1c(C)c(-c2ccccc2)n(C)c1N=Nc1ccc([N+](=O)[O-])cc1. The largest absolute Gasteiger partial charge is 0.492 e. The van der Waals surface area contributed by atoms with E-state index in [1.807, 2.05) is 48.9 Å². The molecule has 0 fully saturated rings. The number of nitro groups is 1. The number of benzene rings is 2. The molecule has 7 nitrogen and oxygen atoms in total. The molecule has 26 heavy (non-hydrogen) atoms. The monoisotopic (exact) mass is 350 g/mol. The van der Waals surface area contributed by atoms with Crippen molar-refractivity contribution in [2.75, 3.05) is 7.11 Å². The first-order valence-electron chi connectivity index (χ1n) is 7.97. The van der Waals surface area contributed by atoms with Gasteiger partial charge in [0, 0.05) is 24.7 Å². The summed E-state index contributed by atoms with van der Waals surface area (Å²) in [6.45, 7) is 1.98. The zero-order valence-corrected chi connectivity index (χ0v) is 14.7. The average Bonchev–Trinajstić information content (AvgIpc) is 2.90. The summed E-state index contributed by atoms with van der Waals surface area (Å²) in [4.78, 5) is 10.3. The Labute approximate surface area is 150 Å². The van der Waals surface area contributed by atoms with Gasteiger partial charge in [-0.2, -0.15) is 0 Å². The molecule has 0 aliphatic rings. The van der Waals surface area contributed by atoms with Crippen LogP contribution in [0.3, 0.4) is 0 Å². The van der Waals surface area contributed by atoms with Gasteiger partial charge in [0.05, 0.1) is 23.4 Å². The highest BCUT2D eigenvalue weighted by Gasteiger charge is 2.20. The van der Waals surface area contributed by atoms with Crippen LogP contribution in [-0.2, 0) is 7.05 Å². The summed E-state index contributed by atoms with van der Waals surface area (Å²) in [6.07, 6.45) is 0. The van der Waals surface area contributed by atoms with Crippen molar-refractivity contribution >= 4 is 17.2 Å². The van der Waals surface area contributed by atoms with Crippen molar-refractivity contribution in [3.8, 4) is 17.0 Å². The quantitative estimate of drug-likeness (QED) is 0.354. The van der Waals surface area contributed by atoms with Crippen LogP contribution in [0.5, 0.6) is 5.75 Å². The number of hydrogen-bond acceptors (Lipinski definition) is 5. The first-order valence-corrected chi connectivity index (χ1v) is 7.97. The summed E-state index contributed by atoms with van der Waals surface area (Å²) >= 11 is 0. The van der Waals surface area contributed by atoms with Gasteiger partial charge >= 0.3 is 0 Å². The van der Waals surface area contributed by atoms with Crippen LogP contribution in [0.25, 0.3) is 11.3 Å². The smallest absolute Gasteiger partial charge is 0.269 e. The molecule has 0 atom stereocenters. The predicted octanol–water partition coefficient (Wildman–Crippen LogP) is 5.33. The lowest BCUT2D eigenvalue weighted by Gasteiger charge is -2.05. The van der Waals surface area contributed by atoms with Gasteiger partial charge in [-0.25, -0.2) is 0 Å². The van der Waals surface area contributed by atoms with Crippen molar-refractivity contribution in [3.05, 3.63) is 70.3 Å². The molecule has 1 aromatic heterocycles. The summed E-state index contributed by atoms with van der Waals surface area (Å²) in [5.41, 5.74) is 3.57. The first kappa shape index (κ1) is 17.3. The van der Waals surface area contributed by atoms with Gasteiger partial charge in [-0.3, -0.25) is 10.1 Å². The third-order valence-electron chi connectivity index (χ3n) is 4.12. The van der Waals surface area contributed by atoms with E-state index in [0.29, 0.717) is 17.3 Å². The molecular weight excluding hydrogens is 332 g/mol. The van der Waals surface area contributed by atoms with Crippen LogP contribution in [0.4, 0.5) is 17.2 Å². The molecule has 0 radical (unpaired) electrons. The minimum atomic E-state index is -0.448. The van der Waals surface area contributed by atoms with E-state index in [1.165, 1.54) is 12.1 Å². The Kier molecular flexibility index (Phi) is 4.79. The Morgan fingerprint density at radius 3 is 2.27 bits per heavy atom. The molecule has 0 aliphatic heterocycles. The summed E-state index contributed by atoms with van der Waals surface area (Å²) in [5, 5.41) is 19.2. The van der Waals surface area contributed by atoms with Crippen LogP contribution in [0, 0.1) is 17.0 Å². The summed E-state index contributed by atoms with van der Waals surface area (Å²) in [5.74, 6) is 1.24. The lowest BCUT2D eigenvalue weighted by molar-refractivity contribution is -0.384. The molecule has 3 rings (SSSR count). The number of rotatable bonds is 5. The Bertz CT molecular complexity index is 961. The Morgan fingerprint density at radius 1 is 1.04 bits per heavy atom. The minimum Gasteiger partial charge on any atom is -0.492 e. The second-order valence-electron chi connectivity index (χ2n) is 5.73. The van der Waals surface area contributed by atoms with Gasteiger partial charge in [0.15, 0.2) is 11.6 Å². The molecule has 0 bridgehead atoms. The molecule has 0 saturated carbocycles. The second-order valence-corrected chi connectivity index (χ2v) is 5.73. The highest BCUT2D eigenvalue weighted by atomic mass is 16.6. The van der Waals surface area contributed by atoms with Crippen LogP contribution in [0.15, 0.2) is 64.8 Å². The van der Waals surface area contributed by atoms with Crippen molar-refractivity contribution in [2.45, 2.75) is 6.92 Å². The van der Waals surface area contributed by atoms with Crippen molar-refractivity contribution in [1.82, 2.24) is 4.57 Å². The molecular formula is C19H18N4O3. The van der Waals surface area contributed by atoms with E-state index in [2.05, 4.69) is 10.2 Å². The number of hydrogen-bond donors (Lipinski definition) is 0. The van der Waals surface area contributed by atoms with Gasteiger partial charge in [-0.15, -0.1) is 10.2 Å². The van der Waals surface area contributed by atoms with E-state index >= 15 is 0 Å². The van der Waals surface area contributed by atoms with Crippen LogP contribution in [0.1, 0.15) is 5.56 Å². The van der Waals surface area contributed by atoms with Crippen molar-refractivity contribution in [1.29, 1.82) is 0 Å². The molecule has 132 valence electrons. The Hall–Kier alpha value is -3.48. The molecule has 0 spiro atoms. The summed E-state index contributed by atoms with van der Waals surface area (Å²) in [7, 11) is 3.50. The molecule has 0 amide bonds. The van der Waals surface area contributed by atoms with Gasteiger partial charge < -0.3 is 9.30 Å². The molecule has 0 aliphatic carbocycles.